The molecular formula is C14H19FN2O2. The van der Waals surface area contributed by atoms with Crippen molar-refractivity contribution in [3.05, 3.63) is 30.1 Å². The molecule has 1 amide bonds. The molecule has 0 saturated carbocycles. The molecule has 0 spiro atoms. The van der Waals surface area contributed by atoms with Gasteiger partial charge in [0, 0.05) is 18.8 Å². The fraction of sp³-hybridized carbons (Fsp3) is 0.500. The van der Waals surface area contributed by atoms with Crippen molar-refractivity contribution in [2.75, 3.05) is 25.0 Å². The van der Waals surface area contributed by atoms with E-state index in [0.29, 0.717) is 12.2 Å². The summed E-state index contributed by atoms with van der Waals surface area (Å²) < 4.78 is 18.5. The summed E-state index contributed by atoms with van der Waals surface area (Å²) in [5.41, 5.74) is 0.473. The lowest BCUT2D eigenvalue weighted by atomic mass is 10.1. The van der Waals surface area contributed by atoms with Crippen molar-refractivity contribution in [3.63, 3.8) is 0 Å². The van der Waals surface area contributed by atoms with Gasteiger partial charge in [-0.1, -0.05) is 6.07 Å². The Bertz CT molecular complexity index is 420. The molecule has 1 fully saturated rings. The minimum atomic E-state index is -0.360. The molecule has 2 rings (SSSR count). The van der Waals surface area contributed by atoms with E-state index in [9.17, 15) is 9.18 Å². The Morgan fingerprint density at radius 2 is 2.32 bits per heavy atom. The van der Waals surface area contributed by atoms with Gasteiger partial charge in [-0.2, -0.15) is 0 Å². The third kappa shape index (κ3) is 4.96. The Morgan fingerprint density at radius 3 is 3.05 bits per heavy atom. The molecule has 1 aliphatic heterocycles. The standard InChI is InChI=1S/C14H19FN2O2/c15-11-4-3-5-12(8-11)17-14(18)10-16-9-13-6-1-2-7-19-13/h3-5,8,13,16H,1-2,6-7,9-10H2,(H,17,18). The van der Waals surface area contributed by atoms with Gasteiger partial charge in [-0.15, -0.1) is 0 Å². The predicted molar refractivity (Wildman–Crippen MR) is 71.5 cm³/mol. The van der Waals surface area contributed by atoms with Crippen LogP contribution in [0.4, 0.5) is 10.1 Å². The number of amides is 1. The van der Waals surface area contributed by atoms with E-state index in [1.165, 1.54) is 18.6 Å². The number of hydrogen-bond donors (Lipinski definition) is 2. The average molecular weight is 266 g/mol. The van der Waals surface area contributed by atoms with Crippen LogP contribution in [0.25, 0.3) is 0 Å². The van der Waals surface area contributed by atoms with E-state index in [4.69, 9.17) is 4.74 Å². The highest BCUT2D eigenvalue weighted by Gasteiger charge is 2.13. The van der Waals surface area contributed by atoms with Gasteiger partial charge < -0.3 is 15.4 Å². The van der Waals surface area contributed by atoms with Gasteiger partial charge in [0.15, 0.2) is 0 Å². The fourth-order valence-electron chi connectivity index (χ4n) is 2.09. The Morgan fingerprint density at radius 1 is 1.42 bits per heavy atom. The first kappa shape index (κ1) is 14.0. The van der Waals surface area contributed by atoms with Crippen molar-refractivity contribution in [1.82, 2.24) is 5.32 Å². The summed E-state index contributed by atoms with van der Waals surface area (Å²) in [5.74, 6) is -0.539. The van der Waals surface area contributed by atoms with Crippen molar-refractivity contribution in [2.45, 2.75) is 25.4 Å². The lowest BCUT2D eigenvalue weighted by Gasteiger charge is -2.22. The molecule has 0 aromatic heterocycles. The van der Waals surface area contributed by atoms with Crippen molar-refractivity contribution in [3.8, 4) is 0 Å². The summed E-state index contributed by atoms with van der Waals surface area (Å²) in [4.78, 5) is 11.6. The van der Waals surface area contributed by atoms with Gasteiger partial charge in [-0.05, 0) is 37.5 Å². The Labute approximate surface area is 112 Å². The van der Waals surface area contributed by atoms with E-state index >= 15 is 0 Å². The molecule has 0 radical (unpaired) electrons. The summed E-state index contributed by atoms with van der Waals surface area (Å²) in [6.07, 6.45) is 3.55. The number of nitrogens with one attached hydrogen (secondary N) is 2. The van der Waals surface area contributed by atoms with E-state index in [1.54, 1.807) is 12.1 Å². The van der Waals surface area contributed by atoms with Crippen molar-refractivity contribution >= 4 is 11.6 Å². The number of benzene rings is 1. The second-order valence-corrected chi connectivity index (χ2v) is 4.68. The van der Waals surface area contributed by atoms with Crippen LogP contribution in [0.15, 0.2) is 24.3 Å². The van der Waals surface area contributed by atoms with Gasteiger partial charge in [-0.3, -0.25) is 4.79 Å². The molecule has 0 bridgehead atoms. The maximum absolute atomic E-state index is 12.9. The van der Waals surface area contributed by atoms with Crippen LogP contribution in [0.2, 0.25) is 0 Å². The summed E-state index contributed by atoms with van der Waals surface area (Å²) in [7, 11) is 0. The SMILES string of the molecule is O=C(CNCC1CCCCO1)Nc1cccc(F)c1. The number of ether oxygens (including phenoxy) is 1. The molecule has 1 aliphatic rings. The first-order chi connectivity index (χ1) is 9.24. The average Bonchev–Trinajstić information content (AvgIpc) is 2.40. The van der Waals surface area contributed by atoms with E-state index in [2.05, 4.69) is 10.6 Å². The zero-order valence-electron chi connectivity index (χ0n) is 10.8. The molecule has 4 nitrogen and oxygen atoms in total. The topological polar surface area (TPSA) is 50.4 Å². The van der Waals surface area contributed by atoms with Crippen LogP contribution in [-0.4, -0.2) is 31.7 Å². The monoisotopic (exact) mass is 266 g/mol. The lowest BCUT2D eigenvalue weighted by molar-refractivity contribution is -0.115. The third-order valence-electron chi connectivity index (χ3n) is 3.04. The number of hydrogen-bond acceptors (Lipinski definition) is 3. The van der Waals surface area contributed by atoms with Crippen LogP contribution >= 0.6 is 0 Å². The molecule has 2 N–H and O–H groups in total. The minimum absolute atomic E-state index is 0.179. The first-order valence-electron chi connectivity index (χ1n) is 6.62. The highest BCUT2D eigenvalue weighted by Crippen LogP contribution is 2.11. The molecular weight excluding hydrogens is 247 g/mol. The summed E-state index contributed by atoms with van der Waals surface area (Å²) in [6.45, 7) is 1.69. The van der Waals surface area contributed by atoms with Gasteiger partial charge in [0.25, 0.3) is 0 Å². The normalized spacial score (nSPS) is 19.1. The van der Waals surface area contributed by atoms with Crippen LogP contribution in [0.3, 0.4) is 0 Å². The van der Waals surface area contributed by atoms with Crippen LogP contribution in [0, 0.1) is 5.82 Å². The number of halogens is 1. The van der Waals surface area contributed by atoms with Crippen LogP contribution in [-0.2, 0) is 9.53 Å². The summed E-state index contributed by atoms with van der Waals surface area (Å²) in [5, 5.41) is 5.70. The van der Waals surface area contributed by atoms with Crippen molar-refractivity contribution in [1.29, 1.82) is 0 Å². The number of anilines is 1. The van der Waals surface area contributed by atoms with Crippen LogP contribution < -0.4 is 10.6 Å². The number of carbonyl (C=O) groups is 1. The van der Waals surface area contributed by atoms with E-state index in [0.717, 1.165) is 19.4 Å². The molecule has 1 atom stereocenters. The molecule has 1 aromatic carbocycles. The Balaban J connectivity index is 1.67. The van der Waals surface area contributed by atoms with Gasteiger partial charge in [0.05, 0.1) is 12.6 Å². The quantitative estimate of drug-likeness (QED) is 0.856. The Kier molecular flexibility index (Phi) is 5.30. The molecule has 5 heteroatoms. The summed E-state index contributed by atoms with van der Waals surface area (Å²) in [6, 6.07) is 5.86. The molecule has 0 aliphatic carbocycles. The molecule has 1 unspecified atom stereocenters. The fourth-order valence-corrected chi connectivity index (χ4v) is 2.09. The van der Waals surface area contributed by atoms with Gasteiger partial charge in [-0.25, -0.2) is 4.39 Å². The smallest absolute Gasteiger partial charge is 0.238 e. The highest BCUT2D eigenvalue weighted by atomic mass is 19.1. The zero-order valence-corrected chi connectivity index (χ0v) is 10.8. The zero-order chi connectivity index (χ0) is 13.5. The predicted octanol–water partition coefficient (Wildman–Crippen LogP) is 1.92. The number of rotatable bonds is 5. The highest BCUT2D eigenvalue weighted by molar-refractivity contribution is 5.92. The van der Waals surface area contributed by atoms with Crippen molar-refractivity contribution in [2.24, 2.45) is 0 Å². The number of carbonyl (C=O) groups excluding carboxylic acids is 1. The third-order valence-corrected chi connectivity index (χ3v) is 3.04. The van der Waals surface area contributed by atoms with E-state index in [-0.39, 0.29) is 24.4 Å². The van der Waals surface area contributed by atoms with Gasteiger partial charge in [0.1, 0.15) is 5.82 Å². The van der Waals surface area contributed by atoms with Crippen LogP contribution in [0.5, 0.6) is 0 Å². The van der Waals surface area contributed by atoms with E-state index < -0.39 is 0 Å². The first-order valence-corrected chi connectivity index (χ1v) is 6.62. The second kappa shape index (κ2) is 7.21. The molecule has 104 valence electrons. The molecule has 19 heavy (non-hydrogen) atoms. The minimum Gasteiger partial charge on any atom is -0.377 e. The maximum Gasteiger partial charge on any atom is 0.238 e. The van der Waals surface area contributed by atoms with Crippen LogP contribution in [0.1, 0.15) is 19.3 Å². The Hall–Kier alpha value is -1.46. The maximum atomic E-state index is 12.9. The van der Waals surface area contributed by atoms with E-state index in [1.807, 2.05) is 0 Å². The molecule has 1 heterocycles. The largest absolute Gasteiger partial charge is 0.377 e. The lowest BCUT2D eigenvalue weighted by Crippen LogP contribution is -2.36. The summed E-state index contributed by atoms with van der Waals surface area (Å²) >= 11 is 0. The second-order valence-electron chi connectivity index (χ2n) is 4.68. The molecule has 1 aromatic rings. The molecule has 1 saturated heterocycles. The van der Waals surface area contributed by atoms with Gasteiger partial charge in [0.2, 0.25) is 5.91 Å². The van der Waals surface area contributed by atoms with Crippen molar-refractivity contribution < 1.29 is 13.9 Å². The van der Waals surface area contributed by atoms with Gasteiger partial charge >= 0.3 is 0 Å².